The SMILES string of the molecule is C[SiH2]O[Si](Cl)(Cl)Cl. The molecule has 0 aromatic heterocycles. The fourth-order valence-electron chi connectivity index (χ4n) is 0.164. The van der Waals surface area contributed by atoms with Gasteiger partial charge >= 0.3 is 6.25 Å². The Balaban J connectivity index is 3.15. The van der Waals surface area contributed by atoms with E-state index in [2.05, 4.69) is 0 Å². The summed E-state index contributed by atoms with van der Waals surface area (Å²) in [5.74, 6) is 0. The van der Waals surface area contributed by atoms with Crippen LogP contribution in [0.2, 0.25) is 6.55 Å². The number of halogens is 3. The second kappa shape index (κ2) is 3.32. The third-order valence-electron chi connectivity index (χ3n) is 0.308. The maximum absolute atomic E-state index is 5.32. The van der Waals surface area contributed by atoms with Gasteiger partial charge in [0.25, 0.3) is 0 Å². The monoisotopic (exact) mass is 194 g/mol. The highest BCUT2D eigenvalue weighted by molar-refractivity contribution is 7.62. The molecule has 1 nitrogen and oxygen atoms in total. The molecular formula is CH5Cl3OSi2. The lowest BCUT2D eigenvalue weighted by atomic mass is 11.9. The molecule has 0 saturated heterocycles. The zero-order chi connectivity index (χ0) is 5.91. The molecule has 0 unspecified atom stereocenters. The van der Waals surface area contributed by atoms with Crippen molar-refractivity contribution in [3.8, 4) is 0 Å². The molecule has 0 aromatic carbocycles. The lowest BCUT2D eigenvalue weighted by molar-refractivity contribution is 0.648. The maximum Gasteiger partial charge on any atom is 0.483 e. The van der Waals surface area contributed by atoms with Gasteiger partial charge < -0.3 is 4.12 Å². The van der Waals surface area contributed by atoms with E-state index in [1.165, 1.54) is 0 Å². The predicted molar refractivity (Wildman–Crippen MR) is 38.8 cm³/mol. The van der Waals surface area contributed by atoms with E-state index < -0.39 is 16.0 Å². The van der Waals surface area contributed by atoms with Gasteiger partial charge in [0.2, 0.25) is 0 Å². The number of hydrogen-bond donors (Lipinski definition) is 0. The van der Waals surface area contributed by atoms with Crippen molar-refractivity contribution in [2.75, 3.05) is 0 Å². The van der Waals surface area contributed by atoms with Crippen LogP contribution in [-0.2, 0) is 4.12 Å². The summed E-state index contributed by atoms with van der Waals surface area (Å²) in [6.07, 6.45) is -2.68. The smallest absolute Gasteiger partial charge is 0.429 e. The molecule has 0 bridgehead atoms. The van der Waals surface area contributed by atoms with E-state index in [9.17, 15) is 0 Å². The van der Waals surface area contributed by atoms with Crippen molar-refractivity contribution in [2.45, 2.75) is 6.55 Å². The second-order valence-electron chi connectivity index (χ2n) is 0.879. The van der Waals surface area contributed by atoms with Gasteiger partial charge in [0.15, 0.2) is 0 Å². The summed E-state index contributed by atoms with van der Waals surface area (Å²) in [6, 6.07) is 0. The summed E-state index contributed by atoms with van der Waals surface area (Å²) in [7, 11) is -0.524. The molecule has 0 radical (unpaired) electrons. The van der Waals surface area contributed by atoms with Crippen molar-refractivity contribution in [3.05, 3.63) is 0 Å². The van der Waals surface area contributed by atoms with Crippen LogP contribution < -0.4 is 0 Å². The average molecular weight is 196 g/mol. The van der Waals surface area contributed by atoms with Crippen molar-refractivity contribution in [2.24, 2.45) is 0 Å². The average Bonchev–Trinajstić information content (AvgIpc) is 1.30. The van der Waals surface area contributed by atoms with Gasteiger partial charge in [0, 0.05) is 0 Å². The first-order valence-corrected chi connectivity index (χ1v) is 8.70. The minimum absolute atomic E-state index is 0.524. The first-order chi connectivity index (χ1) is 3.06. The van der Waals surface area contributed by atoms with Gasteiger partial charge in [-0.25, -0.2) is 0 Å². The van der Waals surface area contributed by atoms with Crippen LogP contribution in [0.3, 0.4) is 0 Å². The van der Waals surface area contributed by atoms with Crippen LogP contribution in [-0.4, -0.2) is 16.0 Å². The molecular weight excluding hydrogens is 191 g/mol. The molecule has 7 heavy (non-hydrogen) atoms. The van der Waals surface area contributed by atoms with Crippen molar-refractivity contribution >= 4 is 49.2 Å². The van der Waals surface area contributed by atoms with E-state index in [0.717, 1.165) is 0 Å². The summed E-state index contributed by atoms with van der Waals surface area (Å²) in [6.45, 7) is 1.93. The molecule has 6 heteroatoms. The standard InChI is InChI=1S/CH5Cl3OSi2/c1-6-5-7(2,3)4/h6H2,1H3. The number of hydrogen-bond acceptors (Lipinski definition) is 1. The molecule has 0 saturated carbocycles. The Morgan fingerprint density at radius 1 is 1.43 bits per heavy atom. The highest BCUT2D eigenvalue weighted by Crippen LogP contribution is 2.19. The van der Waals surface area contributed by atoms with Crippen LogP contribution in [0, 0.1) is 0 Å². The predicted octanol–water partition coefficient (Wildman–Crippen LogP) is 1.29. The fraction of sp³-hybridized carbons (Fsp3) is 1.00. The Morgan fingerprint density at radius 3 is 1.86 bits per heavy atom. The van der Waals surface area contributed by atoms with Crippen molar-refractivity contribution in [3.63, 3.8) is 0 Å². The third-order valence-corrected chi connectivity index (χ3v) is 5.72. The summed E-state index contributed by atoms with van der Waals surface area (Å²) in [5.41, 5.74) is 0. The first kappa shape index (κ1) is 8.26. The Bertz CT molecular complexity index is 51.4. The molecule has 0 spiro atoms. The van der Waals surface area contributed by atoms with Gasteiger partial charge in [-0.3, -0.25) is 0 Å². The van der Waals surface area contributed by atoms with Crippen LogP contribution in [0.25, 0.3) is 0 Å². The molecule has 0 aliphatic rings. The van der Waals surface area contributed by atoms with Crippen LogP contribution in [0.1, 0.15) is 0 Å². The van der Waals surface area contributed by atoms with E-state index in [1.54, 1.807) is 0 Å². The minimum atomic E-state index is -2.68. The van der Waals surface area contributed by atoms with E-state index in [4.69, 9.17) is 37.4 Å². The molecule has 0 amide bonds. The van der Waals surface area contributed by atoms with Gasteiger partial charge in [-0.05, 0) is 0 Å². The second-order valence-corrected chi connectivity index (χ2v) is 10.0. The highest BCUT2D eigenvalue weighted by atomic mass is 35.8. The quantitative estimate of drug-likeness (QED) is 0.477. The molecule has 0 aliphatic heterocycles. The summed E-state index contributed by atoms with van der Waals surface area (Å²) in [4.78, 5) is 0. The zero-order valence-corrected chi connectivity index (χ0v) is 8.43. The van der Waals surface area contributed by atoms with Crippen LogP contribution >= 0.6 is 33.2 Å². The Morgan fingerprint density at radius 2 is 1.86 bits per heavy atom. The van der Waals surface area contributed by atoms with E-state index in [1.807, 2.05) is 6.55 Å². The zero-order valence-electron chi connectivity index (χ0n) is 3.75. The van der Waals surface area contributed by atoms with Crippen LogP contribution in [0.5, 0.6) is 0 Å². The fourth-order valence-corrected chi connectivity index (χ4v) is 4.42. The van der Waals surface area contributed by atoms with E-state index in [0.29, 0.717) is 0 Å². The molecule has 0 aromatic rings. The molecule has 0 N–H and O–H groups in total. The van der Waals surface area contributed by atoms with Gasteiger partial charge in [0.1, 0.15) is 9.76 Å². The first-order valence-electron chi connectivity index (χ1n) is 1.77. The minimum Gasteiger partial charge on any atom is -0.429 e. The molecule has 44 valence electrons. The summed E-state index contributed by atoms with van der Waals surface area (Å²) >= 11 is 15.9. The van der Waals surface area contributed by atoms with Crippen LogP contribution in [0.4, 0.5) is 0 Å². The van der Waals surface area contributed by atoms with Gasteiger partial charge in [-0.2, -0.15) is 0 Å². The maximum atomic E-state index is 5.32. The summed E-state index contributed by atoms with van der Waals surface area (Å²) in [5, 5.41) is 0. The lowest BCUT2D eigenvalue weighted by Gasteiger charge is -2.04. The Labute approximate surface area is 60.1 Å². The molecule has 0 aliphatic carbocycles. The highest BCUT2D eigenvalue weighted by Gasteiger charge is 2.25. The van der Waals surface area contributed by atoms with Crippen LogP contribution in [0.15, 0.2) is 0 Å². The van der Waals surface area contributed by atoms with E-state index in [-0.39, 0.29) is 0 Å². The van der Waals surface area contributed by atoms with Crippen molar-refractivity contribution < 1.29 is 4.12 Å². The molecule has 0 fully saturated rings. The summed E-state index contributed by atoms with van der Waals surface area (Å²) < 4.78 is 4.80. The van der Waals surface area contributed by atoms with E-state index >= 15 is 0 Å². The lowest BCUT2D eigenvalue weighted by Crippen LogP contribution is -2.16. The largest absolute Gasteiger partial charge is 0.483 e. The third kappa shape index (κ3) is 7.26. The molecule has 0 atom stereocenters. The Hall–Kier alpha value is 1.26. The van der Waals surface area contributed by atoms with Gasteiger partial charge in [-0.15, -0.1) is 0 Å². The number of rotatable bonds is 2. The van der Waals surface area contributed by atoms with Gasteiger partial charge in [0.05, 0.1) is 0 Å². The molecule has 0 heterocycles. The van der Waals surface area contributed by atoms with Gasteiger partial charge in [-0.1, -0.05) is 39.8 Å². The van der Waals surface area contributed by atoms with Crippen molar-refractivity contribution in [1.29, 1.82) is 0 Å². The Kier molecular flexibility index (Phi) is 3.92. The normalized spacial score (nSPS) is 13.7. The molecule has 0 rings (SSSR count). The van der Waals surface area contributed by atoms with Crippen molar-refractivity contribution in [1.82, 2.24) is 0 Å². The topological polar surface area (TPSA) is 9.23 Å².